The summed E-state index contributed by atoms with van der Waals surface area (Å²) < 4.78 is 5.99. The van der Waals surface area contributed by atoms with Crippen LogP contribution in [0.3, 0.4) is 0 Å². The summed E-state index contributed by atoms with van der Waals surface area (Å²) in [6.07, 6.45) is 7.36. The van der Waals surface area contributed by atoms with E-state index >= 15 is 0 Å². The zero-order valence-electron chi connectivity index (χ0n) is 13.5. The fourth-order valence-corrected chi connectivity index (χ4v) is 3.80. The number of nitrogens with one attached hydrogen (secondary N) is 1. The molecule has 3 heterocycles. The van der Waals surface area contributed by atoms with Gasteiger partial charge in [-0.25, -0.2) is 9.97 Å². The van der Waals surface area contributed by atoms with Gasteiger partial charge in [0, 0.05) is 17.3 Å². The highest BCUT2D eigenvalue weighted by Crippen LogP contribution is 2.43. The fraction of sp³-hybridized carbons (Fsp3) is 0.765. The number of hydrogen-bond acceptors (Lipinski definition) is 4. The molecule has 0 aliphatic carbocycles. The van der Waals surface area contributed by atoms with Gasteiger partial charge in [0.05, 0.1) is 12.2 Å². The average molecular weight is 289 g/mol. The van der Waals surface area contributed by atoms with Gasteiger partial charge in [0.1, 0.15) is 5.82 Å². The predicted octanol–water partition coefficient (Wildman–Crippen LogP) is 2.40. The van der Waals surface area contributed by atoms with Crippen molar-refractivity contribution in [1.29, 1.82) is 0 Å². The van der Waals surface area contributed by atoms with Gasteiger partial charge in [-0.05, 0) is 57.7 Å². The molecule has 0 spiro atoms. The number of aryl methyl sites for hydroxylation is 2. The molecule has 1 aromatic rings. The van der Waals surface area contributed by atoms with Crippen molar-refractivity contribution < 1.29 is 4.74 Å². The van der Waals surface area contributed by atoms with Gasteiger partial charge >= 0.3 is 0 Å². The summed E-state index contributed by atoms with van der Waals surface area (Å²) in [5, 5.41) is 3.23. The minimum atomic E-state index is 0.368. The number of fused-ring (bicyclic) bond motifs is 2. The van der Waals surface area contributed by atoms with Crippen molar-refractivity contribution in [2.45, 2.75) is 70.5 Å². The molecule has 0 aromatic carbocycles. The first-order valence-electron chi connectivity index (χ1n) is 8.45. The Kier molecular flexibility index (Phi) is 4.55. The highest BCUT2D eigenvalue weighted by atomic mass is 16.5. The first-order valence-corrected chi connectivity index (χ1v) is 8.45. The molecule has 2 aliphatic rings. The molecule has 4 heteroatoms. The zero-order chi connectivity index (χ0) is 14.8. The van der Waals surface area contributed by atoms with Crippen LogP contribution in [0.15, 0.2) is 0 Å². The van der Waals surface area contributed by atoms with Crippen LogP contribution in [0.5, 0.6) is 0 Å². The Labute approximate surface area is 127 Å². The maximum atomic E-state index is 5.99. The van der Waals surface area contributed by atoms with Crippen molar-refractivity contribution in [3.8, 4) is 0 Å². The standard InChI is InChI=1S/C17H27N3O/c1-4-14-12(8-9-18-3)15(5-2)20-17(19-14)13-10-11-6-7-16(13)21-11/h11,13,16,18H,4-10H2,1-3H3. The smallest absolute Gasteiger partial charge is 0.134 e. The van der Waals surface area contributed by atoms with Gasteiger partial charge in [0.25, 0.3) is 0 Å². The second-order valence-corrected chi connectivity index (χ2v) is 6.23. The Morgan fingerprint density at radius 1 is 1.14 bits per heavy atom. The molecule has 3 rings (SSSR count). The van der Waals surface area contributed by atoms with Crippen LogP contribution in [0.4, 0.5) is 0 Å². The minimum absolute atomic E-state index is 0.368. The topological polar surface area (TPSA) is 47.0 Å². The Morgan fingerprint density at radius 3 is 2.33 bits per heavy atom. The number of likely N-dealkylation sites (N-methyl/N-ethyl adjacent to an activating group) is 1. The van der Waals surface area contributed by atoms with Gasteiger partial charge in [0.15, 0.2) is 0 Å². The summed E-state index contributed by atoms with van der Waals surface area (Å²) in [4.78, 5) is 9.87. The van der Waals surface area contributed by atoms with Crippen molar-refractivity contribution in [2.75, 3.05) is 13.6 Å². The summed E-state index contributed by atoms with van der Waals surface area (Å²) in [7, 11) is 2.00. The third-order valence-electron chi connectivity index (χ3n) is 4.93. The van der Waals surface area contributed by atoms with E-state index in [9.17, 15) is 0 Å². The van der Waals surface area contributed by atoms with Crippen LogP contribution in [0.25, 0.3) is 0 Å². The maximum absolute atomic E-state index is 5.99. The number of nitrogens with zero attached hydrogens (tertiary/aromatic N) is 2. The molecule has 21 heavy (non-hydrogen) atoms. The number of aromatic nitrogens is 2. The van der Waals surface area contributed by atoms with E-state index in [1.165, 1.54) is 29.8 Å². The Hall–Kier alpha value is -1.00. The van der Waals surface area contributed by atoms with Crippen molar-refractivity contribution in [3.63, 3.8) is 0 Å². The molecule has 0 saturated carbocycles. The molecule has 3 unspecified atom stereocenters. The van der Waals surface area contributed by atoms with Gasteiger partial charge in [-0.2, -0.15) is 0 Å². The van der Waals surface area contributed by atoms with Crippen LogP contribution in [0.2, 0.25) is 0 Å². The molecule has 1 N–H and O–H groups in total. The van der Waals surface area contributed by atoms with Gasteiger partial charge in [0.2, 0.25) is 0 Å². The van der Waals surface area contributed by atoms with E-state index in [4.69, 9.17) is 14.7 Å². The molecule has 0 amide bonds. The quantitative estimate of drug-likeness (QED) is 0.873. The molecule has 0 radical (unpaired) electrons. The van der Waals surface area contributed by atoms with Crippen molar-refractivity contribution in [2.24, 2.45) is 0 Å². The lowest BCUT2D eigenvalue weighted by molar-refractivity contribution is 0.0998. The highest BCUT2D eigenvalue weighted by molar-refractivity contribution is 5.28. The Bertz CT molecular complexity index is 478. The number of ether oxygens (including phenoxy) is 1. The van der Waals surface area contributed by atoms with E-state index in [2.05, 4.69) is 19.2 Å². The van der Waals surface area contributed by atoms with Crippen molar-refractivity contribution >= 4 is 0 Å². The van der Waals surface area contributed by atoms with Gasteiger partial charge in [-0.1, -0.05) is 13.8 Å². The Balaban J connectivity index is 1.91. The lowest BCUT2D eigenvalue weighted by Gasteiger charge is -2.20. The molecule has 2 bridgehead atoms. The van der Waals surface area contributed by atoms with Gasteiger partial charge in [-0.3, -0.25) is 0 Å². The average Bonchev–Trinajstić information content (AvgIpc) is 3.15. The van der Waals surface area contributed by atoms with E-state index in [0.29, 0.717) is 18.1 Å². The van der Waals surface area contributed by atoms with Gasteiger partial charge < -0.3 is 10.1 Å². The van der Waals surface area contributed by atoms with Crippen LogP contribution < -0.4 is 5.32 Å². The second kappa shape index (κ2) is 6.41. The fourth-order valence-electron chi connectivity index (χ4n) is 3.80. The molecule has 116 valence electrons. The Morgan fingerprint density at radius 2 is 1.86 bits per heavy atom. The summed E-state index contributed by atoms with van der Waals surface area (Å²) in [5.74, 6) is 1.47. The van der Waals surface area contributed by atoms with Crippen LogP contribution in [-0.4, -0.2) is 35.8 Å². The van der Waals surface area contributed by atoms with Crippen LogP contribution >= 0.6 is 0 Å². The monoisotopic (exact) mass is 289 g/mol. The molecular formula is C17H27N3O. The van der Waals surface area contributed by atoms with E-state index in [1.807, 2.05) is 7.05 Å². The number of hydrogen-bond donors (Lipinski definition) is 1. The molecule has 1 aromatic heterocycles. The van der Waals surface area contributed by atoms with Gasteiger partial charge in [-0.15, -0.1) is 0 Å². The molecule has 2 aliphatic heterocycles. The molecule has 2 fully saturated rings. The molecule has 3 atom stereocenters. The van der Waals surface area contributed by atoms with E-state index in [0.717, 1.165) is 38.1 Å². The SMILES string of the molecule is CCc1nc(C2CC3CCC2O3)nc(CC)c1CCNC. The lowest BCUT2D eigenvalue weighted by Crippen LogP contribution is -2.21. The first kappa shape index (κ1) is 14.9. The second-order valence-electron chi connectivity index (χ2n) is 6.23. The summed E-state index contributed by atoms with van der Waals surface area (Å²) in [5.41, 5.74) is 3.85. The minimum Gasteiger partial charge on any atom is -0.374 e. The molecule has 2 saturated heterocycles. The van der Waals surface area contributed by atoms with Crippen LogP contribution in [-0.2, 0) is 24.0 Å². The highest BCUT2D eigenvalue weighted by Gasteiger charge is 2.43. The largest absolute Gasteiger partial charge is 0.374 e. The predicted molar refractivity (Wildman–Crippen MR) is 83.7 cm³/mol. The third-order valence-corrected chi connectivity index (χ3v) is 4.93. The zero-order valence-corrected chi connectivity index (χ0v) is 13.5. The van der Waals surface area contributed by atoms with E-state index < -0.39 is 0 Å². The molecular weight excluding hydrogens is 262 g/mol. The van der Waals surface area contributed by atoms with E-state index in [1.54, 1.807) is 0 Å². The summed E-state index contributed by atoms with van der Waals surface area (Å²) in [6.45, 7) is 5.39. The van der Waals surface area contributed by atoms with Crippen LogP contribution in [0, 0.1) is 0 Å². The van der Waals surface area contributed by atoms with Crippen molar-refractivity contribution in [3.05, 3.63) is 22.8 Å². The summed E-state index contributed by atoms with van der Waals surface area (Å²) in [6, 6.07) is 0. The first-order chi connectivity index (χ1) is 10.3. The summed E-state index contributed by atoms with van der Waals surface area (Å²) >= 11 is 0. The normalized spacial score (nSPS) is 27.5. The maximum Gasteiger partial charge on any atom is 0.134 e. The number of rotatable bonds is 6. The molecule has 4 nitrogen and oxygen atoms in total. The van der Waals surface area contributed by atoms with Crippen LogP contribution in [0.1, 0.15) is 61.8 Å². The van der Waals surface area contributed by atoms with E-state index in [-0.39, 0.29) is 0 Å². The lowest BCUT2D eigenvalue weighted by atomic mass is 9.88. The van der Waals surface area contributed by atoms with Crippen molar-refractivity contribution in [1.82, 2.24) is 15.3 Å². The third kappa shape index (κ3) is 2.84.